The number of carbonyl (C=O) groups excluding carboxylic acids is 3. The van der Waals surface area contributed by atoms with Crippen LogP contribution in [0.1, 0.15) is 31.0 Å². The molecule has 0 saturated carbocycles. The van der Waals surface area contributed by atoms with Crippen LogP contribution >= 0.6 is 24.0 Å². The molecule has 4 rings (SSSR count). The largest absolute Gasteiger partial charge is 0.464 e. The van der Waals surface area contributed by atoms with Gasteiger partial charge in [-0.2, -0.15) is 0 Å². The molecule has 2 heterocycles. The Labute approximate surface area is 189 Å². The number of hydrogen-bond donors (Lipinski definition) is 0. The zero-order chi connectivity index (χ0) is 22.1. The Kier molecular flexibility index (Phi) is 5.93. The van der Waals surface area contributed by atoms with E-state index in [4.69, 9.17) is 17.0 Å². The number of fused-ring (bicyclic) bond motifs is 1. The van der Waals surface area contributed by atoms with Gasteiger partial charge in [-0.3, -0.25) is 14.5 Å². The molecule has 1 saturated heterocycles. The lowest BCUT2D eigenvalue weighted by Crippen LogP contribution is -2.38. The number of esters is 1. The van der Waals surface area contributed by atoms with Gasteiger partial charge in [0, 0.05) is 12.1 Å². The molecule has 2 aliphatic rings. The van der Waals surface area contributed by atoms with E-state index in [1.807, 2.05) is 37.3 Å². The van der Waals surface area contributed by atoms with E-state index in [9.17, 15) is 14.4 Å². The van der Waals surface area contributed by atoms with Crippen LogP contribution < -0.4 is 4.90 Å². The summed E-state index contributed by atoms with van der Waals surface area (Å²) >= 11 is 6.56. The second-order valence-corrected chi connectivity index (χ2v) is 8.52. The Bertz CT molecular complexity index is 1110. The molecule has 2 aromatic carbocycles. The van der Waals surface area contributed by atoms with Crippen molar-refractivity contribution in [2.75, 3.05) is 18.1 Å². The van der Waals surface area contributed by atoms with E-state index in [0.29, 0.717) is 23.2 Å². The first-order valence-electron chi connectivity index (χ1n) is 9.92. The van der Waals surface area contributed by atoms with Gasteiger partial charge in [0.15, 0.2) is 6.04 Å². The fourth-order valence-corrected chi connectivity index (χ4v) is 5.20. The number of ether oxygens (including phenoxy) is 1. The molecule has 0 radical (unpaired) electrons. The Hall–Kier alpha value is -2.97. The molecule has 2 amide bonds. The summed E-state index contributed by atoms with van der Waals surface area (Å²) in [5.41, 5.74) is 2.38. The summed E-state index contributed by atoms with van der Waals surface area (Å²) in [7, 11) is 0. The molecular weight excluding hydrogens is 432 g/mol. The van der Waals surface area contributed by atoms with Crippen LogP contribution in [0.3, 0.4) is 0 Å². The van der Waals surface area contributed by atoms with Crippen molar-refractivity contribution in [3.8, 4) is 0 Å². The van der Waals surface area contributed by atoms with Crippen molar-refractivity contribution in [1.82, 2.24) is 4.90 Å². The quantitative estimate of drug-likeness (QED) is 0.389. The number of carbonyl (C=O) groups is 3. The fraction of sp³-hybridized carbons (Fsp3) is 0.217. The van der Waals surface area contributed by atoms with Gasteiger partial charge in [-0.25, -0.2) is 4.79 Å². The van der Waals surface area contributed by atoms with Crippen molar-refractivity contribution >= 4 is 57.3 Å². The Morgan fingerprint density at radius 3 is 2.39 bits per heavy atom. The number of likely N-dealkylation sites (N-methyl/N-ethyl adjacent to an activating group) is 1. The highest BCUT2D eigenvalue weighted by Gasteiger charge is 2.46. The summed E-state index contributed by atoms with van der Waals surface area (Å²) in [5, 5.41) is 0. The van der Waals surface area contributed by atoms with E-state index in [2.05, 4.69) is 0 Å². The third kappa shape index (κ3) is 3.55. The summed E-state index contributed by atoms with van der Waals surface area (Å²) in [6.07, 6.45) is 0. The van der Waals surface area contributed by atoms with Crippen LogP contribution in [0, 0.1) is 0 Å². The molecule has 1 atom stereocenters. The van der Waals surface area contributed by atoms with Crippen LogP contribution in [0.5, 0.6) is 0 Å². The van der Waals surface area contributed by atoms with Crippen molar-refractivity contribution in [3.05, 3.63) is 70.6 Å². The van der Waals surface area contributed by atoms with E-state index < -0.39 is 17.9 Å². The lowest BCUT2D eigenvalue weighted by Gasteiger charge is -2.25. The van der Waals surface area contributed by atoms with Crippen LogP contribution in [-0.2, 0) is 19.1 Å². The molecule has 1 fully saturated rings. The van der Waals surface area contributed by atoms with Gasteiger partial charge in [-0.05, 0) is 25.5 Å². The van der Waals surface area contributed by atoms with Gasteiger partial charge in [0.25, 0.3) is 11.8 Å². The van der Waals surface area contributed by atoms with Gasteiger partial charge >= 0.3 is 5.97 Å². The van der Waals surface area contributed by atoms with Crippen molar-refractivity contribution in [1.29, 1.82) is 0 Å². The highest BCUT2D eigenvalue weighted by Crippen LogP contribution is 2.46. The highest BCUT2D eigenvalue weighted by molar-refractivity contribution is 8.26. The zero-order valence-electron chi connectivity index (χ0n) is 17.0. The molecule has 0 aliphatic carbocycles. The number of amides is 2. The van der Waals surface area contributed by atoms with Crippen molar-refractivity contribution < 1.29 is 19.1 Å². The molecule has 1 unspecified atom stereocenters. The van der Waals surface area contributed by atoms with Gasteiger partial charge in [0.2, 0.25) is 0 Å². The summed E-state index contributed by atoms with van der Waals surface area (Å²) in [6, 6.07) is 15.3. The lowest BCUT2D eigenvalue weighted by molar-refractivity contribution is -0.151. The standard InChI is InChI=1S/C23H20N2O4S2/c1-3-24-16-13-9-8-12-15(16)17(20(24)26)19-21(27)25(23(30)31-19)18(22(28)29-4-2)14-10-6-5-7-11-14/h5-13,18H,3-4H2,1-2H3/b19-17-. The predicted molar refractivity (Wildman–Crippen MR) is 124 cm³/mol. The zero-order valence-corrected chi connectivity index (χ0v) is 18.7. The van der Waals surface area contributed by atoms with Crippen LogP contribution in [0.4, 0.5) is 5.69 Å². The van der Waals surface area contributed by atoms with Crippen molar-refractivity contribution in [2.45, 2.75) is 19.9 Å². The molecule has 31 heavy (non-hydrogen) atoms. The molecule has 8 heteroatoms. The van der Waals surface area contributed by atoms with Crippen molar-refractivity contribution in [2.24, 2.45) is 0 Å². The fourth-order valence-electron chi connectivity index (χ4n) is 3.81. The lowest BCUT2D eigenvalue weighted by atomic mass is 10.0. The minimum absolute atomic E-state index is 0.176. The Morgan fingerprint density at radius 1 is 1.03 bits per heavy atom. The molecule has 6 nitrogen and oxygen atoms in total. The first-order chi connectivity index (χ1) is 15.0. The molecule has 0 spiro atoms. The van der Waals surface area contributed by atoms with Crippen LogP contribution in [0.25, 0.3) is 5.57 Å². The van der Waals surface area contributed by atoms with E-state index in [1.165, 1.54) is 4.90 Å². The second kappa shape index (κ2) is 8.64. The third-order valence-corrected chi connectivity index (χ3v) is 6.55. The minimum Gasteiger partial charge on any atom is -0.464 e. The Morgan fingerprint density at radius 2 is 1.71 bits per heavy atom. The second-order valence-electron chi connectivity index (χ2n) is 6.88. The number of para-hydroxylation sites is 1. The molecule has 2 aromatic rings. The first-order valence-corrected chi connectivity index (χ1v) is 11.1. The summed E-state index contributed by atoms with van der Waals surface area (Å²) in [4.78, 5) is 42.7. The minimum atomic E-state index is -1.01. The van der Waals surface area contributed by atoms with E-state index in [0.717, 1.165) is 17.4 Å². The van der Waals surface area contributed by atoms with Gasteiger partial charge < -0.3 is 9.64 Å². The first kappa shape index (κ1) is 21.3. The number of rotatable bonds is 5. The van der Waals surface area contributed by atoms with Gasteiger partial charge in [0.05, 0.1) is 22.8 Å². The number of benzene rings is 2. The number of hydrogen-bond acceptors (Lipinski definition) is 6. The maximum Gasteiger partial charge on any atom is 0.333 e. The van der Waals surface area contributed by atoms with E-state index >= 15 is 0 Å². The predicted octanol–water partition coefficient (Wildman–Crippen LogP) is 3.93. The molecule has 2 aliphatic heterocycles. The van der Waals surface area contributed by atoms with E-state index in [1.54, 1.807) is 36.1 Å². The average Bonchev–Trinajstić information content (AvgIpc) is 3.21. The van der Waals surface area contributed by atoms with Crippen LogP contribution in [0.15, 0.2) is 59.5 Å². The number of thiocarbonyl (C=S) groups is 1. The third-order valence-electron chi connectivity index (χ3n) is 5.15. The van der Waals surface area contributed by atoms with Crippen LogP contribution in [0.2, 0.25) is 0 Å². The topological polar surface area (TPSA) is 66.9 Å². The summed E-state index contributed by atoms with van der Waals surface area (Å²) in [5.74, 6) is -1.27. The maximum absolute atomic E-state index is 13.6. The monoisotopic (exact) mass is 452 g/mol. The smallest absolute Gasteiger partial charge is 0.333 e. The van der Waals surface area contributed by atoms with Crippen molar-refractivity contribution in [3.63, 3.8) is 0 Å². The van der Waals surface area contributed by atoms with Gasteiger partial charge in [-0.1, -0.05) is 72.5 Å². The molecular formula is C23H20N2O4S2. The molecule has 0 bridgehead atoms. The number of thioether (sulfide) groups is 1. The summed E-state index contributed by atoms with van der Waals surface area (Å²) < 4.78 is 5.46. The SMILES string of the molecule is CCOC(=O)C(c1ccccc1)N1C(=O)/C(=C2/C(=O)N(CC)c3ccccc32)SC1=S. The maximum atomic E-state index is 13.6. The normalized spacial score (nSPS) is 19.1. The highest BCUT2D eigenvalue weighted by atomic mass is 32.2. The average molecular weight is 453 g/mol. The molecule has 0 aromatic heterocycles. The van der Waals surface area contributed by atoms with Gasteiger partial charge in [0.1, 0.15) is 4.32 Å². The van der Waals surface area contributed by atoms with Crippen LogP contribution in [-0.4, -0.2) is 40.2 Å². The molecule has 0 N–H and O–H groups in total. The number of anilines is 1. The number of nitrogens with zero attached hydrogens (tertiary/aromatic N) is 2. The molecule has 158 valence electrons. The van der Waals surface area contributed by atoms with E-state index in [-0.39, 0.29) is 21.7 Å². The van der Waals surface area contributed by atoms with Gasteiger partial charge in [-0.15, -0.1) is 0 Å². The Balaban J connectivity index is 1.82. The summed E-state index contributed by atoms with van der Waals surface area (Å²) in [6.45, 7) is 4.25.